The summed E-state index contributed by atoms with van der Waals surface area (Å²) >= 11 is 0. The molecule has 3 nitrogen and oxygen atoms in total. The molecule has 0 aromatic heterocycles. The van der Waals surface area contributed by atoms with Gasteiger partial charge in [-0.1, -0.05) is 6.92 Å². The van der Waals surface area contributed by atoms with Gasteiger partial charge in [0.25, 0.3) is 0 Å². The van der Waals surface area contributed by atoms with Crippen molar-refractivity contribution in [2.45, 2.75) is 51.5 Å². The van der Waals surface area contributed by atoms with Gasteiger partial charge in [0.1, 0.15) is 6.10 Å². The van der Waals surface area contributed by atoms with E-state index in [9.17, 15) is 4.39 Å². The molecule has 14 heavy (non-hydrogen) atoms. The predicted octanol–water partition coefficient (Wildman–Crippen LogP) is 1.86. The van der Waals surface area contributed by atoms with Gasteiger partial charge < -0.3 is 14.2 Å². The lowest BCUT2D eigenvalue weighted by molar-refractivity contribution is -0.209. The second-order valence-corrected chi connectivity index (χ2v) is 4.58. The molecule has 0 unspecified atom stereocenters. The summed E-state index contributed by atoms with van der Waals surface area (Å²) in [6.45, 7) is 5.22. The van der Waals surface area contributed by atoms with Gasteiger partial charge in [-0.05, 0) is 13.8 Å². The van der Waals surface area contributed by atoms with Crippen LogP contribution in [0.2, 0.25) is 0 Å². The van der Waals surface area contributed by atoms with Crippen LogP contribution in [-0.4, -0.2) is 31.0 Å². The molecule has 0 radical (unpaired) electrons. The van der Waals surface area contributed by atoms with Crippen molar-refractivity contribution >= 4 is 0 Å². The topological polar surface area (TPSA) is 27.7 Å². The van der Waals surface area contributed by atoms with E-state index in [-0.39, 0.29) is 31.1 Å². The quantitative estimate of drug-likeness (QED) is 0.687. The minimum absolute atomic E-state index is 0.0241. The smallest absolute Gasteiger partial charge is 0.187 e. The van der Waals surface area contributed by atoms with E-state index >= 15 is 0 Å². The van der Waals surface area contributed by atoms with E-state index < -0.39 is 5.79 Å². The molecule has 0 spiro atoms. The molecule has 0 saturated carbocycles. The highest BCUT2D eigenvalue weighted by molar-refractivity contribution is 4.86. The van der Waals surface area contributed by atoms with E-state index in [4.69, 9.17) is 14.2 Å². The summed E-state index contributed by atoms with van der Waals surface area (Å²) in [6, 6.07) is 0. The van der Waals surface area contributed by atoms with E-state index in [0.717, 1.165) is 6.42 Å². The first-order valence-electron chi connectivity index (χ1n) is 5.09. The molecule has 0 N–H and O–H groups in total. The number of rotatable bonds is 2. The predicted molar refractivity (Wildman–Crippen MR) is 48.5 cm³/mol. The van der Waals surface area contributed by atoms with Crippen LogP contribution in [-0.2, 0) is 14.2 Å². The monoisotopic (exact) mass is 204 g/mol. The normalized spacial score (nSPS) is 42.4. The Kier molecular flexibility index (Phi) is 2.53. The van der Waals surface area contributed by atoms with Crippen LogP contribution in [0.5, 0.6) is 0 Å². The summed E-state index contributed by atoms with van der Waals surface area (Å²) in [4.78, 5) is 0. The van der Waals surface area contributed by atoms with Gasteiger partial charge in [-0.15, -0.1) is 0 Å². The van der Waals surface area contributed by atoms with Crippen LogP contribution >= 0.6 is 0 Å². The summed E-state index contributed by atoms with van der Waals surface area (Å²) < 4.78 is 29.2. The third-order valence-corrected chi connectivity index (χ3v) is 2.79. The number of ether oxygens (including phenoxy) is 3. The number of hydrogen-bond donors (Lipinski definition) is 0. The zero-order valence-electron chi connectivity index (χ0n) is 8.83. The second kappa shape index (κ2) is 3.43. The van der Waals surface area contributed by atoms with Crippen molar-refractivity contribution in [3.63, 3.8) is 0 Å². The Balaban J connectivity index is 1.93. The number of hydrogen-bond acceptors (Lipinski definition) is 3. The first-order chi connectivity index (χ1) is 6.52. The lowest BCUT2D eigenvalue weighted by Crippen LogP contribution is -2.27. The van der Waals surface area contributed by atoms with Gasteiger partial charge in [0.15, 0.2) is 12.1 Å². The van der Waals surface area contributed by atoms with Gasteiger partial charge >= 0.3 is 0 Å². The fraction of sp³-hybridized carbons (Fsp3) is 1.00. The van der Waals surface area contributed by atoms with E-state index in [0.29, 0.717) is 0 Å². The van der Waals surface area contributed by atoms with E-state index in [1.165, 1.54) is 0 Å². The Morgan fingerprint density at radius 2 is 2.14 bits per heavy atom. The fourth-order valence-corrected chi connectivity index (χ4v) is 2.00. The van der Waals surface area contributed by atoms with Crippen LogP contribution in [0.25, 0.3) is 0 Å². The lowest BCUT2D eigenvalue weighted by atomic mass is 10.0. The molecule has 2 fully saturated rings. The van der Waals surface area contributed by atoms with Crippen LogP contribution < -0.4 is 0 Å². The molecule has 0 aliphatic carbocycles. The Hall–Kier alpha value is -0.190. The highest BCUT2D eigenvalue weighted by Crippen LogP contribution is 2.38. The molecular formula is C10H17FO3. The SMILES string of the molecule is C[C@@H](CF)[C@@H]1C[C@H]2OC(C)(C)O[C@H]2O1. The van der Waals surface area contributed by atoms with Crippen LogP contribution in [0.3, 0.4) is 0 Å². The zero-order valence-corrected chi connectivity index (χ0v) is 8.83. The van der Waals surface area contributed by atoms with Crippen molar-refractivity contribution in [3.05, 3.63) is 0 Å². The molecule has 4 heteroatoms. The minimum Gasteiger partial charge on any atom is -0.346 e. The van der Waals surface area contributed by atoms with Crippen LogP contribution in [0.15, 0.2) is 0 Å². The van der Waals surface area contributed by atoms with E-state index in [1.807, 2.05) is 20.8 Å². The molecular weight excluding hydrogens is 187 g/mol. The van der Waals surface area contributed by atoms with Gasteiger partial charge in [0, 0.05) is 12.3 Å². The Labute approximate surface area is 83.5 Å². The summed E-state index contributed by atoms with van der Waals surface area (Å²) in [5, 5.41) is 0. The van der Waals surface area contributed by atoms with Crippen molar-refractivity contribution in [2.24, 2.45) is 5.92 Å². The molecule has 82 valence electrons. The third kappa shape index (κ3) is 1.78. The highest BCUT2D eigenvalue weighted by atomic mass is 19.1. The van der Waals surface area contributed by atoms with Crippen molar-refractivity contribution in [3.8, 4) is 0 Å². The maximum absolute atomic E-state index is 12.4. The van der Waals surface area contributed by atoms with Gasteiger partial charge in [-0.2, -0.15) is 0 Å². The Morgan fingerprint density at radius 1 is 1.43 bits per heavy atom. The van der Waals surface area contributed by atoms with Gasteiger partial charge in [0.2, 0.25) is 0 Å². The number of halogens is 1. The number of fused-ring (bicyclic) bond motifs is 1. The van der Waals surface area contributed by atoms with E-state index in [1.54, 1.807) is 0 Å². The van der Waals surface area contributed by atoms with E-state index in [2.05, 4.69) is 0 Å². The van der Waals surface area contributed by atoms with Gasteiger partial charge in [-0.3, -0.25) is 4.39 Å². The van der Waals surface area contributed by atoms with Gasteiger partial charge in [0.05, 0.1) is 12.8 Å². The Bertz CT molecular complexity index is 203. The molecule has 0 aromatic rings. The first-order valence-corrected chi connectivity index (χ1v) is 5.09. The lowest BCUT2D eigenvalue weighted by Gasteiger charge is -2.22. The zero-order chi connectivity index (χ0) is 10.3. The Morgan fingerprint density at radius 3 is 2.71 bits per heavy atom. The molecule has 2 heterocycles. The molecule has 0 aromatic carbocycles. The maximum atomic E-state index is 12.4. The molecule has 0 amide bonds. The summed E-state index contributed by atoms with van der Waals surface area (Å²) in [5.74, 6) is -0.630. The third-order valence-electron chi connectivity index (χ3n) is 2.79. The molecule has 2 rings (SSSR count). The largest absolute Gasteiger partial charge is 0.346 e. The van der Waals surface area contributed by atoms with Crippen LogP contribution in [0.4, 0.5) is 4.39 Å². The highest BCUT2D eigenvalue weighted by Gasteiger charge is 2.49. The summed E-state index contributed by atoms with van der Waals surface area (Å²) in [7, 11) is 0. The first kappa shape index (κ1) is 10.3. The average Bonchev–Trinajstić information content (AvgIpc) is 2.56. The fourth-order valence-electron chi connectivity index (χ4n) is 2.00. The van der Waals surface area contributed by atoms with Crippen molar-refractivity contribution in [1.29, 1.82) is 0 Å². The van der Waals surface area contributed by atoms with Crippen molar-refractivity contribution < 1.29 is 18.6 Å². The molecule has 0 bridgehead atoms. The molecule has 2 aliphatic heterocycles. The second-order valence-electron chi connectivity index (χ2n) is 4.58. The summed E-state index contributed by atoms with van der Waals surface area (Å²) in [5.41, 5.74) is 0. The molecule has 2 saturated heterocycles. The van der Waals surface area contributed by atoms with Crippen LogP contribution in [0.1, 0.15) is 27.2 Å². The standard InChI is InChI=1S/C10H17FO3/c1-6(5-11)7-4-8-9(12-7)14-10(2,3)13-8/h6-9H,4-5H2,1-3H3/t6-,7-,8+,9+/m0/s1. The van der Waals surface area contributed by atoms with Gasteiger partial charge in [-0.25, -0.2) is 0 Å². The maximum Gasteiger partial charge on any atom is 0.187 e. The molecule has 2 aliphatic rings. The van der Waals surface area contributed by atoms with Crippen molar-refractivity contribution in [1.82, 2.24) is 0 Å². The average molecular weight is 204 g/mol. The van der Waals surface area contributed by atoms with Crippen molar-refractivity contribution in [2.75, 3.05) is 6.67 Å². The van der Waals surface area contributed by atoms with Crippen LogP contribution in [0, 0.1) is 5.92 Å². The summed E-state index contributed by atoms with van der Waals surface area (Å²) in [6.07, 6.45) is 0.346. The minimum atomic E-state index is -0.556. The molecule has 4 atom stereocenters. The number of alkyl halides is 1.